The standard InChI is InChI=1S/C18H25N5O.C16H23N7O.C14H16FN3O.C12H14N4O/c1-16(24)6-5-9-23-15-17(19-20-23)14-21-10-12-22(13-11-21)18-7-3-2-4-8-18;1-14(24)4-2-7-23-13-15(19-20-23)12-21-8-10-22(11-9-21)16-17-5-3-6-18-16;1-11(19)4-2-3-9-18-10-14(16-17-18)12-5-7-13(15)8-6-12;1-10(17)5-4-8-16-9-12(14-15-16)11-6-2-3-7-13-11/h2-4,7-8,15H,5-6,9-14H2,1H3;3,5-6,13H,2,4,7-12H2,1H3;5-8,10H,2-4,9H2,1H3;2-3,6-7,9H,4-5,8H2,1H3. The molecule has 0 saturated carbocycles. The molecule has 0 amide bonds. The van der Waals surface area contributed by atoms with Crippen LogP contribution in [0.3, 0.4) is 0 Å². The number of aryl methyl sites for hydroxylation is 4. The second-order valence-corrected chi connectivity index (χ2v) is 20.9. The van der Waals surface area contributed by atoms with Crippen LogP contribution in [-0.4, -0.2) is 160 Å². The lowest BCUT2D eigenvalue weighted by Gasteiger charge is -2.35. The van der Waals surface area contributed by atoms with Crippen molar-refractivity contribution >= 4 is 34.8 Å². The third-order valence-corrected chi connectivity index (χ3v) is 13.7. The average Bonchev–Trinajstić information content (AvgIpc) is 4.52. The zero-order valence-electron chi connectivity index (χ0n) is 48.8. The van der Waals surface area contributed by atoms with Gasteiger partial charge in [-0.1, -0.05) is 45.1 Å². The zero-order valence-corrected chi connectivity index (χ0v) is 48.8. The number of piperazine rings is 2. The van der Waals surface area contributed by atoms with E-state index >= 15 is 0 Å². The van der Waals surface area contributed by atoms with Crippen molar-refractivity contribution in [3.8, 4) is 22.6 Å². The molecule has 0 bridgehead atoms. The highest BCUT2D eigenvalue weighted by atomic mass is 19.1. The molecule has 2 aliphatic heterocycles. The zero-order chi connectivity index (χ0) is 59.3. The first-order chi connectivity index (χ1) is 40.8. The van der Waals surface area contributed by atoms with Gasteiger partial charge in [0.2, 0.25) is 5.95 Å². The fourth-order valence-corrected chi connectivity index (χ4v) is 9.18. The molecule has 8 aromatic rings. The van der Waals surface area contributed by atoms with E-state index in [0.29, 0.717) is 32.2 Å². The third-order valence-electron chi connectivity index (χ3n) is 13.7. The number of hydrogen-bond acceptors (Lipinski definition) is 19. The molecule has 0 unspecified atom stereocenters. The van der Waals surface area contributed by atoms with E-state index in [2.05, 4.69) is 106 Å². The molecule has 0 spiro atoms. The summed E-state index contributed by atoms with van der Waals surface area (Å²) in [5, 5.41) is 32.9. The number of aromatic nitrogens is 15. The van der Waals surface area contributed by atoms with Gasteiger partial charge in [0.05, 0.1) is 29.5 Å². The smallest absolute Gasteiger partial charge is 0.225 e. The first kappa shape index (κ1) is 63.0. The summed E-state index contributed by atoms with van der Waals surface area (Å²) in [7, 11) is 0. The Bertz CT molecular complexity index is 3070. The predicted molar refractivity (Wildman–Crippen MR) is 316 cm³/mol. The second-order valence-electron chi connectivity index (χ2n) is 20.9. The van der Waals surface area contributed by atoms with Crippen LogP contribution >= 0.6 is 0 Å². The number of benzene rings is 2. The van der Waals surface area contributed by atoms with Gasteiger partial charge in [-0.3, -0.25) is 33.5 Å². The molecule has 2 aliphatic rings. The first-order valence-corrected chi connectivity index (χ1v) is 28.8. The number of pyridine rings is 1. The number of unbranched alkanes of at least 4 members (excludes halogenated alkanes) is 1. The van der Waals surface area contributed by atoms with Gasteiger partial charge in [-0.25, -0.2) is 14.4 Å². The summed E-state index contributed by atoms with van der Waals surface area (Å²) in [6.07, 6.45) is 19.5. The van der Waals surface area contributed by atoms with E-state index in [4.69, 9.17) is 0 Å². The lowest BCUT2D eigenvalue weighted by Crippen LogP contribution is -2.46. The van der Waals surface area contributed by atoms with Crippen LogP contribution in [0.4, 0.5) is 16.0 Å². The van der Waals surface area contributed by atoms with Gasteiger partial charge in [0.1, 0.15) is 40.3 Å². The van der Waals surface area contributed by atoms with Gasteiger partial charge in [-0.15, -0.1) is 20.4 Å². The number of carbonyl (C=O) groups is 4. The van der Waals surface area contributed by atoms with Crippen LogP contribution in [0.25, 0.3) is 22.6 Å². The van der Waals surface area contributed by atoms with Gasteiger partial charge >= 0.3 is 0 Å². The molecule has 2 fully saturated rings. The Labute approximate surface area is 490 Å². The molecule has 2 aromatic carbocycles. The number of Topliss-reactive ketones (excluding diaryl/α,β-unsaturated/α-hetero) is 4. The molecule has 0 atom stereocenters. The molecule has 0 N–H and O–H groups in total. The highest BCUT2D eigenvalue weighted by molar-refractivity contribution is 5.76. The Kier molecular flexibility index (Phi) is 25.5. The van der Waals surface area contributed by atoms with E-state index in [-0.39, 0.29) is 29.0 Å². The van der Waals surface area contributed by atoms with Gasteiger partial charge in [0.25, 0.3) is 0 Å². The van der Waals surface area contributed by atoms with Crippen molar-refractivity contribution < 1.29 is 23.6 Å². The maximum atomic E-state index is 12.8. The maximum absolute atomic E-state index is 12.8. The van der Waals surface area contributed by atoms with Crippen molar-refractivity contribution in [3.63, 3.8) is 0 Å². The topological polar surface area (TPSA) is 243 Å². The van der Waals surface area contributed by atoms with Gasteiger partial charge in [0.15, 0.2) is 0 Å². The van der Waals surface area contributed by atoms with E-state index in [9.17, 15) is 23.6 Å². The number of ketones is 4. The predicted octanol–water partition coefficient (Wildman–Crippen LogP) is 7.28. The van der Waals surface area contributed by atoms with Crippen molar-refractivity contribution in [3.05, 3.63) is 139 Å². The summed E-state index contributed by atoms with van der Waals surface area (Å²) in [5.41, 5.74) is 6.42. The average molecular weight is 1150 g/mol. The fraction of sp³-hybridized carbons (Fsp3) is 0.450. The molecular formula is C60H78FN19O4. The molecular weight excluding hydrogens is 1070 g/mol. The Morgan fingerprint density at radius 3 is 1.37 bits per heavy atom. The van der Waals surface area contributed by atoms with Crippen molar-refractivity contribution in [2.75, 3.05) is 62.2 Å². The van der Waals surface area contributed by atoms with E-state index in [1.807, 2.05) is 58.4 Å². The maximum Gasteiger partial charge on any atom is 0.225 e. The molecule has 8 heterocycles. The number of carbonyl (C=O) groups excluding carboxylic acids is 4. The molecule has 84 heavy (non-hydrogen) atoms. The van der Waals surface area contributed by atoms with Crippen LogP contribution in [0, 0.1) is 5.82 Å². The number of nitrogens with zero attached hydrogens (tertiary/aromatic N) is 19. The fourth-order valence-electron chi connectivity index (χ4n) is 9.18. The number of anilines is 2. The molecule has 2 saturated heterocycles. The Morgan fingerprint density at radius 2 is 0.857 bits per heavy atom. The van der Waals surface area contributed by atoms with Crippen LogP contribution in [-0.2, 0) is 58.4 Å². The summed E-state index contributed by atoms with van der Waals surface area (Å²) < 4.78 is 20.0. The number of rotatable bonds is 25. The van der Waals surface area contributed by atoms with Gasteiger partial charge in [-0.05, 0) is 114 Å². The van der Waals surface area contributed by atoms with Crippen molar-refractivity contribution in [2.45, 2.75) is 125 Å². The Balaban J connectivity index is 0.000000162. The summed E-state index contributed by atoms with van der Waals surface area (Å²) in [6, 6.07) is 24.2. The highest BCUT2D eigenvalue weighted by Crippen LogP contribution is 2.19. The van der Waals surface area contributed by atoms with Crippen LogP contribution in [0.2, 0.25) is 0 Å². The van der Waals surface area contributed by atoms with E-state index in [1.54, 1.807) is 67.8 Å². The monoisotopic (exact) mass is 1150 g/mol. The molecule has 0 radical (unpaired) electrons. The summed E-state index contributed by atoms with van der Waals surface area (Å²) in [6.45, 7) is 18.9. The van der Waals surface area contributed by atoms with E-state index in [1.165, 1.54) is 17.8 Å². The van der Waals surface area contributed by atoms with Crippen LogP contribution in [0.1, 0.15) is 96.9 Å². The summed E-state index contributed by atoms with van der Waals surface area (Å²) in [4.78, 5) is 65.8. The molecule has 6 aromatic heterocycles. The number of hydrogen-bond donors (Lipinski definition) is 0. The van der Waals surface area contributed by atoms with Crippen LogP contribution in [0.15, 0.2) is 122 Å². The number of halogens is 1. The third kappa shape index (κ3) is 22.6. The Morgan fingerprint density at radius 1 is 0.417 bits per heavy atom. The minimum atomic E-state index is -0.264. The van der Waals surface area contributed by atoms with E-state index in [0.717, 1.165) is 157 Å². The normalized spacial score (nSPS) is 13.4. The van der Waals surface area contributed by atoms with Gasteiger partial charge in [-0.2, -0.15) is 0 Å². The Hall–Kier alpha value is -8.64. The molecule has 23 nitrogen and oxygen atoms in total. The summed E-state index contributed by atoms with van der Waals surface area (Å²) in [5.74, 6) is 1.40. The minimum Gasteiger partial charge on any atom is -0.369 e. The molecule has 444 valence electrons. The SMILES string of the molecule is CC(=O)CCCCn1cc(-c2ccc(F)cc2)nn1.CC(=O)CCCn1cc(-c2ccccn2)nn1.CC(=O)CCCn1cc(CN2CCN(c3ccccc3)CC2)nn1.CC(=O)CCCn1cc(CN2CCN(c3ncccn3)CC2)nn1. The van der Waals surface area contributed by atoms with E-state index < -0.39 is 0 Å². The lowest BCUT2D eigenvalue weighted by atomic mass is 10.2. The molecule has 24 heteroatoms. The molecule has 0 aliphatic carbocycles. The second kappa shape index (κ2) is 34.1. The number of para-hydroxylation sites is 1. The first-order valence-electron chi connectivity index (χ1n) is 28.8. The lowest BCUT2D eigenvalue weighted by molar-refractivity contribution is -0.118. The van der Waals surface area contributed by atoms with Gasteiger partial charge < -0.3 is 29.0 Å². The summed E-state index contributed by atoms with van der Waals surface area (Å²) >= 11 is 0. The van der Waals surface area contributed by atoms with Crippen molar-refractivity contribution in [2.24, 2.45) is 0 Å². The molecule has 10 rings (SSSR count). The highest BCUT2D eigenvalue weighted by Gasteiger charge is 2.21. The quantitative estimate of drug-likeness (QED) is 0.0510. The van der Waals surface area contributed by atoms with Crippen molar-refractivity contribution in [1.82, 2.24) is 84.7 Å². The van der Waals surface area contributed by atoms with Crippen molar-refractivity contribution in [1.29, 1.82) is 0 Å². The van der Waals surface area contributed by atoms with Gasteiger partial charge in [0, 0.05) is 160 Å². The van der Waals surface area contributed by atoms with Crippen LogP contribution in [0.5, 0.6) is 0 Å². The largest absolute Gasteiger partial charge is 0.369 e. The van der Waals surface area contributed by atoms with Crippen LogP contribution < -0.4 is 9.80 Å². The minimum absolute atomic E-state index is 0.204.